The van der Waals surface area contributed by atoms with Crippen LogP contribution in [0.1, 0.15) is 5.56 Å². The van der Waals surface area contributed by atoms with Gasteiger partial charge in [-0.3, -0.25) is 0 Å². The molecule has 1 aromatic rings. The lowest BCUT2D eigenvalue weighted by atomic mass is 10.1. The van der Waals surface area contributed by atoms with Gasteiger partial charge < -0.3 is 5.11 Å². The molecule has 0 fully saturated rings. The van der Waals surface area contributed by atoms with Crippen molar-refractivity contribution >= 4 is 0 Å². The minimum Gasteiger partial charge on any atom is -0.505 e. The van der Waals surface area contributed by atoms with Crippen molar-refractivity contribution in [1.82, 2.24) is 0 Å². The van der Waals surface area contributed by atoms with E-state index >= 15 is 0 Å². The predicted molar refractivity (Wildman–Crippen MR) is 40.6 cm³/mol. The van der Waals surface area contributed by atoms with Crippen molar-refractivity contribution in [2.24, 2.45) is 0 Å². The molecule has 0 heterocycles. The van der Waals surface area contributed by atoms with Crippen molar-refractivity contribution in [2.45, 2.75) is 6.42 Å². The van der Waals surface area contributed by atoms with Gasteiger partial charge in [-0.05, 0) is 6.07 Å². The first kappa shape index (κ1) is 7.62. The van der Waals surface area contributed by atoms with Gasteiger partial charge in [-0.1, -0.05) is 12.1 Å². The first-order chi connectivity index (χ1) is 5.25. The third kappa shape index (κ3) is 1.50. The number of phenolic OH excluding ortho intramolecular Hbond substituents is 1. The van der Waals surface area contributed by atoms with Crippen LogP contribution in [0.15, 0.2) is 18.2 Å². The van der Waals surface area contributed by atoms with Gasteiger partial charge in [0.15, 0.2) is 11.6 Å². The van der Waals surface area contributed by atoms with E-state index in [1.165, 1.54) is 12.1 Å². The molecular formula is C9H7FO. The van der Waals surface area contributed by atoms with Crippen LogP contribution in [0.2, 0.25) is 0 Å². The van der Waals surface area contributed by atoms with E-state index in [9.17, 15) is 4.39 Å². The minimum atomic E-state index is -0.627. The summed E-state index contributed by atoms with van der Waals surface area (Å²) < 4.78 is 12.6. The molecule has 0 bridgehead atoms. The summed E-state index contributed by atoms with van der Waals surface area (Å²) in [7, 11) is 0. The van der Waals surface area contributed by atoms with E-state index < -0.39 is 5.82 Å². The highest BCUT2D eigenvalue weighted by molar-refractivity contribution is 5.35. The molecule has 2 heteroatoms. The van der Waals surface area contributed by atoms with Crippen LogP contribution in [0.3, 0.4) is 0 Å². The topological polar surface area (TPSA) is 20.2 Å². The van der Waals surface area contributed by atoms with Crippen LogP contribution >= 0.6 is 0 Å². The number of hydrogen-bond donors (Lipinski definition) is 1. The molecule has 1 rings (SSSR count). The Bertz CT molecular complexity index is 299. The van der Waals surface area contributed by atoms with E-state index in [1.54, 1.807) is 6.07 Å². The van der Waals surface area contributed by atoms with Gasteiger partial charge in [0.05, 0.1) is 0 Å². The summed E-state index contributed by atoms with van der Waals surface area (Å²) in [5.41, 5.74) is 0.451. The van der Waals surface area contributed by atoms with Gasteiger partial charge in [-0.15, -0.1) is 12.3 Å². The van der Waals surface area contributed by atoms with E-state index in [-0.39, 0.29) is 12.2 Å². The zero-order valence-electron chi connectivity index (χ0n) is 5.84. The number of rotatable bonds is 1. The summed E-state index contributed by atoms with van der Waals surface area (Å²) in [5, 5.41) is 9.06. The zero-order chi connectivity index (χ0) is 8.27. The standard InChI is InChI=1S/C9H7FO/c1-2-4-7-5-3-6-8(10)9(7)11/h1,3,5-6,11H,4H2. The Morgan fingerprint density at radius 3 is 2.91 bits per heavy atom. The van der Waals surface area contributed by atoms with Crippen LogP contribution in [0, 0.1) is 18.2 Å². The second-order valence-corrected chi connectivity index (χ2v) is 2.13. The Balaban J connectivity index is 3.08. The normalized spacial score (nSPS) is 9.09. The number of phenols is 1. The van der Waals surface area contributed by atoms with Crippen molar-refractivity contribution in [3.63, 3.8) is 0 Å². The highest BCUT2D eigenvalue weighted by Crippen LogP contribution is 2.20. The van der Waals surface area contributed by atoms with Crippen molar-refractivity contribution in [2.75, 3.05) is 0 Å². The predicted octanol–water partition coefficient (Wildman–Crippen LogP) is 1.71. The van der Waals surface area contributed by atoms with Crippen LogP contribution in [-0.2, 0) is 6.42 Å². The molecule has 1 nitrogen and oxygen atoms in total. The number of aromatic hydroxyl groups is 1. The lowest BCUT2D eigenvalue weighted by Gasteiger charge is -1.99. The molecule has 1 aromatic carbocycles. The summed E-state index contributed by atoms with van der Waals surface area (Å²) in [6.07, 6.45) is 5.25. The molecule has 0 radical (unpaired) electrons. The van der Waals surface area contributed by atoms with Gasteiger partial charge >= 0.3 is 0 Å². The Hall–Kier alpha value is -1.49. The van der Waals surface area contributed by atoms with Gasteiger partial charge in [0.1, 0.15) is 0 Å². The summed E-state index contributed by atoms with van der Waals surface area (Å²) >= 11 is 0. The Morgan fingerprint density at radius 1 is 1.55 bits per heavy atom. The molecule has 0 aliphatic rings. The average molecular weight is 150 g/mol. The Kier molecular flexibility index (Phi) is 2.12. The molecule has 1 N–H and O–H groups in total. The molecule has 11 heavy (non-hydrogen) atoms. The fourth-order valence-corrected chi connectivity index (χ4v) is 0.813. The summed E-state index contributed by atoms with van der Waals surface area (Å²) in [4.78, 5) is 0. The van der Waals surface area contributed by atoms with Gasteiger partial charge in [0.25, 0.3) is 0 Å². The molecule has 0 atom stereocenters. The fourth-order valence-electron chi connectivity index (χ4n) is 0.813. The van der Waals surface area contributed by atoms with E-state index in [2.05, 4.69) is 5.92 Å². The third-order valence-electron chi connectivity index (χ3n) is 1.36. The monoisotopic (exact) mass is 150 g/mol. The molecule has 0 amide bonds. The number of terminal acetylenes is 1. The van der Waals surface area contributed by atoms with Crippen LogP contribution in [0.5, 0.6) is 5.75 Å². The van der Waals surface area contributed by atoms with Gasteiger partial charge in [0.2, 0.25) is 0 Å². The molecule has 0 saturated heterocycles. The maximum atomic E-state index is 12.6. The molecule has 0 saturated carbocycles. The lowest BCUT2D eigenvalue weighted by molar-refractivity contribution is 0.427. The van der Waals surface area contributed by atoms with E-state index in [0.717, 1.165) is 0 Å². The van der Waals surface area contributed by atoms with Gasteiger partial charge in [-0.2, -0.15) is 0 Å². The zero-order valence-corrected chi connectivity index (χ0v) is 5.84. The van der Waals surface area contributed by atoms with Gasteiger partial charge in [-0.25, -0.2) is 4.39 Å². The van der Waals surface area contributed by atoms with Crippen LogP contribution in [-0.4, -0.2) is 5.11 Å². The molecule has 0 spiro atoms. The average Bonchev–Trinajstić information content (AvgIpc) is 1.99. The maximum absolute atomic E-state index is 12.6. The SMILES string of the molecule is C#CCc1cccc(F)c1O. The van der Waals surface area contributed by atoms with Crippen LogP contribution < -0.4 is 0 Å². The number of halogens is 1. The van der Waals surface area contributed by atoms with E-state index in [1.807, 2.05) is 0 Å². The molecule has 0 aromatic heterocycles. The van der Waals surface area contributed by atoms with Gasteiger partial charge in [0, 0.05) is 12.0 Å². The van der Waals surface area contributed by atoms with Crippen molar-refractivity contribution < 1.29 is 9.50 Å². The summed E-state index contributed by atoms with van der Waals surface area (Å²) in [6, 6.07) is 4.30. The summed E-state index contributed by atoms with van der Waals surface area (Å²) in [5.74, 6) is 1.36. The quantitative estimate of drug-likeness (QED) is 0.604. The first-order valence-corrected chi connectivity index (χ1v) is 3.15. The number of benzene rings is 1. The smallest absolute Gasteiger partial charge is 0.165 e. The highest BCUT2D eigenvalue weighted by atomic mass is 19.1. The lowest BCUT2D eigenvalue weighted by Crippen LogP contribution is -1.85. The third-order valence-corrected chi connectivity index (χ3v) is 1.36. The van der Waals surface area contributed by atoms with Crippen LogP contribution in [0.25, 0.3) is 0 Å². The molecule has 0 unspecified atom stereocenters. The highest BCUT2D eigenvalue weighted by Gasteiger charge is 2.03. The molecular weight excluding hydrogens is 143 g/mol. The number of hydrogen-bond acceptors (Lipinski definition) is 1. The second kappa shape index (κ2) is 3.07. The molecule has 56 valence electrons. The fraction of sp³-hybridized carbons (Fsp3) is 0.111. The Labute approximate surface area is 64.5 Å². The van der Waals surface area contributed by atoms with Crippen molar-refractivity contribution in [1.29, 1.82) is 0 Å². The minimum absolute atomic E-state index is 0.254. The summed E-state index contributed by atoms with van der Waals surface area (Å²) in [6.45, 7) is 0. The first-order valence-electron chi connectivity index (χ1n) is 3.15. The second-order valence-electron chi connectivity index (χ2n) is 2.13. The van der Waals surface area contributed by atoms with E-state index in [4.69, 9.17) is 11.5 Å². The van der Waals surface area contributed by atoms with Crippen molar-refractivity contribution in [3.8, 4) is 18.1 Å². The largest absolute Gasteiger partial charge is 0.505 e. The van der Waals surface area contributed by atoms with E-state index in [0.29, 0.717) is 5.56 Å². The molecule has 0 aliphatic heterocycles. The maximum Gasteiger partial charge on any atom is 0.165 e. The Morgan fingerprint density at radius 2 is 2.27 bits per heavy atom. The van der Waals surface area contributed by atoms with Crippen LogP contribution in [0.4, 0.5) is 4.39 Å². The molecule has 0 aliphatic carbocycles. The van der Waals surface area contributed by atoms with Crippen molar-refractivity contribution in [3.05, 3.63) is 29.6 Å². The number of para-hydroxylation sites is 1.